The van der Waals surface area contributed by atoms with Crippen molar-refractivity contribution in [3.05, 3.63) is 69.6 Å². The number of fused-ring (bicyclic) bond motifs is 4. The van der Waals surface area contributed by atoms with Gasteiger partial charge in [0.2, 0.25) is 0 Å². The predicted molar refractivity (Wildman–Crippen MR) is 117 cm³/mol. The Morgan fingerprint density at radius 3 is 2.57 bits per heavy atom. The summed E-state index contributed by atoms with van der Waals surface area (Å²) in [6.45, 7) is 1.57. The van der Waals surface area contributed by atoms with E-state index in [2.05, 4.69) is 35.3 Å². The first kappa shape index (κ1) is 18.3. The van der Waals surface area contributed by atoms with Crippen LogP contribution in [0, 0.1) is 0 Å². The topological polar surface area (TPSA) is 49.7 Å². The second-order valence-electron chi connectivity index (χ2n) is 9.43. The van der Waals surface area contributed by atoms with E-state index >= 15 is 0 Å². The largest absolute Gasteiger partial charge is 0.477 e. The number of hydrogen-bond donors (Lipinski definition) is 1. The molecular weight excluding hydrogens is 372 g/mol. The molecule has 0 saturated carbocycles. The SMILES string of the molecule is O=C(O)C1=NCCC2=C3CCCC4=C3[N+](Cc3ccccc3)(C3=C4CCCC3)C2C1. The lowest BCUT2D eigenvalue weighted by Gasteiger charge is -2.42. The highest BCUT2D eigenvalue weighted by molar-refractivity contribution is 6.35. The lowest BCUT2D eigenvalue weighted by atomic mass is 9.83. The molecule has 0 saturated heterocycles. The highest BCUT2D eigenvalue weighted by atomic mass is 16.4. The Balaban J connectivity index is 1.58. The Labute approximate surface area is 177 Å². The van der Waals surface area contributed by atoms with E-state index in [1.165, 1.54) is 43.2 Å². The summed E-state index contributed by atoms with van der Waals surface area (Å²) in [5.74, 6) is -0.833. The summed E-state index contributed by atoms with van der Waals surface area (Å²) in [5, 5.41) is 9.84. The zero-order valence-corrected chi connectivity index (χ0v) is 17.5. The molecule has 30 heavy (non-hydrogen) atoms. The van der Waals surface area contributed by atoms with Crippen LogP contribution >= 0.6 is 0 Å². The molecule has 0 fully saturated rings. The van der Waals surface area contributed by atoms with Crippen LogP contribution in [0.1, 0.15) is 63.4 Å². The molecule has 0 spiro atoms. The molecule has 3 aliphatic heterocycles. The molecule has 0 amide bonds. The monoisotopic (exact) mass is 401 g/mol. The molecule has 4 heteroatoms. The molecule has 4 nitrogen and oxygen atoms in total. The molecular formula is C26H29N2O2+. The number of rotatable bonds is 3. The number of benzene rings is 1. The van der Waals surface area contributed by atoms with Crippen molar-refractivity contribution in [1.82, 2.24) is 0 Å². The van der Waals surface area contributed by atoms with Gasteiger partial charge in [0.25, 0.3) is 0 Å². The maximum atomic E-state index is 12.0. The third-order valence-electron chi connectivity index (χ3n) is 8.02. The van der Waals surface area contributed by atoms with Crippen LogP contribution in [0.5, 0.6) is 0 Å². The van der Waals surface area contributed by atoms with E-state index in [9.17, 15) is 9.90 Å². The van der Waals surface area contributed by atoms with Gasteiger partial charge in [0.1, 0.15) is 29.7 Å². The van der Waals surface area contributed by atoms with Crippen LogP contribution < -0.4 is 0 Å². The van der Waals surface area contributed by atoms with Gasteiger partial charge in [-0.15, -0.1) is 0 Å². The normalized spacial score (nSPS) is 30.0. The first-order valence-electron chi connectivity index (χ1n) is 11.6. The number of carboxylic acids is 1. The highest BCUT2D eigenvalue weighted by Crippen LogP contribution is 2.61. The molecule has 1 aromatic carbocycles. The molecule has 154 valence electrons. The lowest BCUT2D eigenvalue weighted by Crippen LogP contribution is -2.50. The van der Waals surface area contributed by atoms with E-state index in [0.29, 0.717) is 18.7 Å². The van der Waals surface area contributed by atoms with Crippen LogP contribution in [0.2, 0.25) is 0 Å². The van der Waals surface area contributed by atoms with Crippen LogP contribution in [0.4, 0.5) is 0 Å². The van der Waals surface area contributed by atoms with E-state index in [4.69, 9.17) is 0 Å². The van der Waals surface area contributed by atoms with Crippen molar-refractivity contribution in [2.45, 2.75) is 70.4 Å². The number of carbonyl (C=O) groups is 1. The van der Waals surface area contributed by atoms with E-state index < -0.39 is 5.97 Å². The smallest absolute Gasteiger partial charge is 0.350 e. The fourth-order valence-electron chi connectivity index (χ4n) is 7.02. The molecule has 0 aromatic heterocycles. The third-order valence-corrected chi connectivity index (χ3v) is 8.02. The van der Waals surface area contributed by atoms with Crippen LogP contribution in [-0.4, -0.2) is 33.9 Å². The summed E-state index contributed by atoms with van der Waals surface area (Å²) in [7, 11) is 0. The third kappa shape index (κ3) is 2.43. The fraction of sp³-hybridized carbons (Fsp3) is 0.462. The van der Waals surface area contributed by atoms with Crippen molar-refractivity contribution in [2.24, 2.45) is 4.99 Å². The van der Waals surface area contributed by atoms with Crippen LogP contribution in [0.25, 0.3) is 0 Å². The molecule has 6 rings (SSSR count). The van der Waals surface area contributed by atoms with Gasteiger partial charge in [-0.3, -0.25) is 9.48 Å². The molecule has 2 unspecified atom stereocenters. The standard InChI is InChI=1S/C26H28N2O2/c29-26(30)22-15-24-19(13-14-27-22)21-11-6-10-20-18-9-4-5-12-23(18)28(24,25(20)21)16-17-7-2-1-3-8-17/h1-3,7-8,24H,4-6,9-16H2/p+1. The van der Waals surface area contributed by atoms with Gasteiger partial charge in [-0.05, 0) is 50.5 Å². The number of carboxylic acid groups (broad SMARTS) is 1. The quantitative estimate of drug-likeness (QED) is 0.701. The summed E-state index contributed by atoms with van der Waals surface area (Å²) in [4.78, 5) is 16.5. The number of aliphatic imine (C=N–C) groups is 1. The van der Waals surface area contributed by atoms with Crippen molar-refractivity contribution in [2.75, 3.05) is 6.54 Å². The van der Waals surface area contributed by atoms with E-state index in [1.54, 1.807) is 28.1 Å². The zero-order valence-electron chi connectivity index (χ0n) is 17.5. The summed E-state index contributed by atoms with van der Waals surface area (Å²) >= 11 is 0. The van der Waals surface area contributed by atoms with Gasteiger partial charge in [-0.25, -0.2) is 4.79 Å². The summed E-state index contributed by atoms with van der Waals surface area (Å²) in [6.07, 6.45) is 9.99. The Morgan fingerprint density at radius 2 is 1.73 bits per heavy atom. The number of hydrogen-bond acceptors (Lipinski definition) is 2. The van der Waals surface area contributed by atoms with Gasteiger partial charge in [0.15, 0.2) is 0 Å². The van der Waals surface area contributed by atoms with Gasteiger partial charge in [0, 0.05) is 35.2 Å². The molecule has 2 atom stereocenters. The summed E-state index contributed by atoms with van der Waals surface area (Å²) < 4.78 is 0.894. The minimum atomic E-state index is -0.833. The van der Waals surface area contributed by atoms with Gasteiger partial charge in [0.05, 0.1) is 6.42 Å². The number of aliphatic carboxylic acids is 1. The number of allylic oxidation sites excluding steroid dienone is 4. The van der Waals surface area contributed by atoms with Gasteiger partial charge in [-0.2, -0.15) is 0 Å². The van der Waals surface area contributed by atoms with Crippen molar-refractivity contribution in [3.8, 4) is 0 Å². The minimum Gasteiger partial charge on any atom is -0.477 e. The van der Waals surface area contributed by atoms with Crippen LogP contribution in [0.15, 0.2) is 69.0 Å². The molecule has 1 N–H and O–H groups in total. The number of nitrogens with zero attached hydrogens (tertiary/aromatic N) is 2. The molecule has 2 aliphatic carbocycles. The summed E-state index contributed by atoms with van der Waals surface area (Å²) in [6, 6.07) is 11.1. The average molecular weight is 402 g/mol. The Bertz CT molecular complexity index is 1060. The average Bonchev–Trinajstić information content (AvgIpc) is 3.07. The second kappa shape index (κ2) is 6.78. The Kier molecular flexibility index (Phi) is 4.14. The van der Waals surface area contributed by atoms with Crippen molar-refractivity contribution in [1.29, 1.82) is 0 Å². The lowest BCUT2D eigenvalue weighted by molar-refractivity contribution is -0.880. The van der Waals surface area contributed by atoms with Crippen LogP contribution in [0.3, 0.4) is 0 Å². The fourth-order valence-corrected chi connectivity index (χ4v) is 7.02. The Morgan fingerprint density at radius 1 is 0.967 bits per heavy atom. The minimum absolute atomic E-state index is 0.214. The highest BCUT2D eigenvalue weighted by Gasteiger charge is 2.60. The summed E-state index contributed by atoms with van der Waals surface area (Å²) in [5.41, 5.74) is 11.3. The van der Waals surface area contributed by atoms with Crippen molar-refractivity contribution < 1.29 is 14.4 Å². The molecule has 0 bridgehead atoms. The van der Waals surface area contributed by atoms with E-state index in [1.807, 2.05) is 0 Å². The molecule has 0 radical (unpaired) electrons. The Hall–Kier alpha value is -2.46. The van der Waals surface area contributed by atoms with Crippen molar-refractivity contribution >= 4 is 11.7 Å². The maximum Gasteiger partial charge on any atom is 0.350 e. The second-order valence-corrected chi connectivity index (χ2v) is 9.43. The number of quaternary nitrogens is 1. The predicted octanol–water partition coefficient (Wildman–Crippen LogP) is 5.28. The van der Waals surface area contributed by atoms with E-state index in [0.717, 1.165) is 30.3 Å². The first-order chi connectivity index (χ1) is 14.7. The van der Waals surface area contributed by atoms with Crippen molar-refractivity contribution in [3.63, 3.8) is 0 Å². The maximum absolute atomic E-state index is 12.0. The van der Waals surface area contributed by atoms with Gasteiger partial charge >= 0.3 is 5.97 Å². The molecule has 1 aromatic rings. The van der Waals surface area contributed by atoms with Gasteiger partial charge in [-0.1, -0.05) is 30.3 Å². The molecule has 5 aliphatic rings. The zero-order chi connectivity index (χ0) is 20.3. The van der Waals surface area contributed by atoms with Gasteiger partial charge < -0.3 is 5.11 Å². The van der Waals surface area contributed by atoms with Crippen LogP contribution in [-0.2, 0) is 11.3 Å². The molecule has 3 heterocycles. The first-order valence-corrected chi connectivity index (χ1v) is 11.6. The van der Waals surface area contributed by atoms with E-state index in [-0.39, 0.29) is 6.04 Å².